The minimum atomic E-state index is -3.74. The average molecular weight is 1430 g/mol. The number of hydrogen-bond acceptors (Lipinski definition) is 16. The number of aromatic nitrogens is 10. The number of aliphatic hydroxyl groups is 1. The van der Waals surface area contributed by atoms with Crippen LogP contribution in [0.15, 0.2) is 70.7 Å². The molecule has 0 unspecified atom stereocenters. The molecule has 0 spiro atoms. The van der Waals surface area contributed by atoms with Crippen LogP contribution in [0.25, 0.3) is 5.83 Å². The number of halogens is 13. The SMILES string of the molecule is CCOC(=O)C(F)(F)Br.CCOC(=O)C(F)(F)c1cnc(C)cn1.Cc1cnc(/C(F)=C/I)cn1.Cc1cnc(Br)cn1.Cc1cnc(C(F)(F)CI)cn1.Cc1cnc(C(F)(F)CO)cn1.[Cu].[K+].[OH-]. The summed E-state index contributed by atoms with van der Waals surface area (Å²) in [4.78, 5) is 54.6. The van der Waals surface area contributed by atoms with Gasteiger partial charge in [0.1, 0.15) is 34.0 Å². The van der Waals surface area contributed by atoms with E-state index in [9.17, 15) is 49.1 Å². The molecular weight excluding hydrogens is 1390 g/mol. The van der Waals surface area contributed by atoms with Crippen LogP contribution in [-0.4, -0.2) is 101 Å². The van der Waals surface area contributed by atoms with Gasteiger partial charge in [-0.3, -0.25) is 44.9 Å². The summed E-state index contributed by atoms with van der Waals surface area (Å²) in [5, 5.41) is 8.30. The van der Waals surface area contributed by atoms with Crippen molar-refractivity contribution in [1.29, 1.82) is 0 Å². The van der Waals surface area contributed by atoms with Gasteiger partial charge in [-0.1, -0.05) is 22.6 Å². The van der Waals surface area contributed by atoms with Gasteiger partial charge in [0.25, 0.3) is 5.92 Å². The maximum absolute atomic E-state index is 13.3. The van der Waals surface area contributed by atoms with Crippen LogP contribution in [0.2, 0.25) is 0 Å². The van der Waals surface area contributed by atoms with E-state index in [0.717, 1.165) is 34.6 Å². The van der Waals surface area contributed by atoms with E-state index in [-0.39, 0.29) is 109 Å². The van der Waals surface area contributed by atoms with Crippen molar-refractivity contribution in [2.75, 3.05) is 24.2 Å². The van der Waals surface area contributed by atoms with Crippen molar-refractivity contribution in [1.82, 2.24) is 49.8 Å². The molecular formula is C39H42Br2CuF9I2KN10O6. The van der Waals surface area contributed by atoms with Crippen LogP contribution >= 0.6 is 77.0 Å². The average Bonchev–Trinajstić information content (AvgIpc) is 3.29. The summed E-state index contributed by atoms with van der Waals surface area (Å²) in [6.45, 7) is 10.2. The maximum Gasteiger partial charge on any atom is 1.00 e. The number of carbonyl (C=O) groups excluding carboxylic acids is 2. The second-order valence-electron chi connectivity index (χ2n) is 12.3. The summed E-state index contributed by atoms with van der Waals surface area (Å²) in [6, 6.07) is 0. The predicted octanol–water partition coefficient (Wildman–Crippen LogP) is 7.02. The van der Waals surface area contributed by atoms with Gasteiger partial charge in [0.2, 0.25) is 0 Å². The van der Waals surface area contributed by atoms with Gasteiger partial charge in [0, 0.05) is 68.1 Å². The van der Waals surface area contributed by atoms with E-state index in [1.807, 2.05) is 52.4 Å². The molecule has 0 aliphatic carbocycles. The van der Waals surface area contributed by atoms with Crippen LogP contribution in [0.3, 0.4) is 0 Å². The molecule has 0 fully saturated rings. The molecule has 31 heteroatoms. The van der Waals surface area contributed by atoms with Crippen LogP contribution in [0, 0.1) is 34.6 Å². The Balaban J connectivity index is -0.000000374. The first-order chi connectivity index (χ1) is 31.1. The minimum Gasteiger partial charge on any atom is -0.870 e. The van der Waals surface area contributed by atoms with Crippen molar-refractivity contribution in [3.05, 3.63) is 122 Å². The molecule has 0 bridgehead atoms. The van der Waals surface area contributed by atoms with E-state index in [4.69, 9.17) is 5.11 Å². The van der Waals surface area contributed by atoms with Gasteiger partial charge in [-0.15, -0.1) is 0 Å². The Hall–Kier alpha value is -2.05. The summed E-state index contributed by atoms with van der Waals surface area (Å²) in [6.07, 6.45) is 13.0. The van der Waals surface area contributed by atoms with Crippen LogP contribution < -0.4 is 51.4 Å². The molecule has 0 saturated carbocycles. The number of nitrogens with zero attached hydrogens (tertiary/aromatic N) is 10. The van der Waals surface area contributed by atoms with Crippen LogP contribution in [0.1, 0.15) is 65.1 Å². The number of alkyl halides is 10. The van der Waals surface area contributed by atoms with E-state index < -0.39 is 52.5 Å². The summed E-state index contributed by atoms with van der Waals surface area (Å²) >= 11 is 8.45. The third-order valence-corrected chi connectivity index (χ3v) is 8.93. The molecule has 0 atom stereocenters. The zero-order valence-electron chi connectivity index (χ0n) is 37.9. The Labute approximate surface area is 493 Å². The summed E-state index contributed by atoms with van der Waals surface area (Å²) in [5.41, 5.74) is 2.24. The topological polar surface area (TPSA) is 232 Å². The van der Waals surface area contributed by atoms with Crippen molar-refractivity contribution in [3.8, 4) is 0 Å². The van der Waals surface area contributed by atoms with Gasteiger partial charge >= 0.3 is 80.0 Å². The second-order valence-corrected chi connectivity index (χ2v) is 15.5. The normalized spacial score (nSPS) is 10.7. The Bertz CT molecular complexity index is 2180. The van der Waals surface area contributed by atoms with E-state index in [1.165, 1.54) is 48.9 Å². The first kappa shape index (κ1) is 74.5. The molecule has 0 aliphatic rings. The molecule has 5 aromatic heterocycles. The summed E-state index contributed by atoms with van der Waals surface area (Å²) in [5.74, 6) is -13.4. The van der Waals surface area contributed by atoms with Gasteiger partial charge in [-0.25, -0.2) is 19.0 Å². The van der Waals surface area contributed by atoms with E-state index in [2.05, 4.69) is 75.2 Å². The molecule has 16 nitrogen and oxygen atoms in total. The fourth-order valence-corrected chi connectivity index (χ4v) is 4.38. The Morgan fingerprint density at radius 3 is 1.24 bits per heavy atom. The largest absolute Gasteiger partial charge is 1.00 e. The number of ether oxygens (including phenoxy) is 2. The molecule has 0 amide bonds. The standard InChI is InChI=1S/C9H10F2N2O2.C7H7F2IN2.C7H8F2N2O.C7H6FIN2.C5H5BrN2.C4H5BrF2O2.Cu.K.H2O/c1-3-15-8(14)9(10,11)7-5-12-6(2)4-13-7;1-5-2-12-6(3-11-5)7(8,9)4-10;1-5-2-11-6(3-10-5)7(8,9)4-12;1-5-3-11-7(4-10-5)6(8)2-9;1-4-2-8-5(6)3-7-4;1-2-9-3(8)4(5,6)7;;;/h4-5H,3H2,1-2H3;2-3H,4H2,1H3;2-3,12H,4H2,1H3;2-4H,1H3;2-3H,1H3;2H2,1H3;;;1H2/q;;;;;;;+1;/p-1/b;;;6-2-;;;;;. The molecule has 2 N–H and O–H groups in total. The van der Waals surface area contributed by atoms with Gasteiger partial charge in [-0.2, -0.15) is 35.1 Å². The molecule has 0 aromatic carbocycles. The monoisotopic (exact) mass is 1430 g/mol. The van der Waals surface area contributed by atoms with Crippen molar-refractivity contribution in [3.63, 3.8) is 0 Å². The zero-order chi connectivity index (χ0) is 51.6. The van der Waals surface area contributed by atoms with Crippen molar-refractivity contribution in [2.45, 2.75) is 71.1 Å². The van der Waals surface area contributed by atoms with Gasteiger partial charge in [0.05, 0.1) is 77.1 Å². The molecule has 387 valence electrons. The molecule has 0 aliphatic heterocycles. The number of carbonyl (C=O) groups is 2. The van der Waals surface area contributed by atoms with Crippen molar-refractivity contribution >= 4 is 94.8 Å². The fraction of sp³-hybridized carbons (Fsp3) is 0.385. The van der Waals surface area contributed by atoms with Crippen molar-refractivity contribution < 1.29 is 138 Å². The van der Waals surface area contributed by atoms with E-state index in [0.29, 0.717) is 17.1 Å². The second kappa shape index (κ2) is 37.6. The van der Waals surface area contributed by atoms with Crippen LogP contribution in [0.5, 0.6) is 0 Å². The Morgan fingerprint density at radius 2 is 0.971 bits per heavy atom. The summed E-state index contributed by atoms with van der Waals surface area (Å²) in [7, 11) is 0. The van der Waals surface area contributed by atoms with Gasteiger partial charge in [0.15, 0.2) is 5.83 Å². The Kier molecular flexibility index (Phi) is 40.0. The smallest absolute Gasteiger partial charge is 0.870 e. The quantitative estimate of drug-likeness (QED) is 0.0487. The van der Waals surface area contributed by atoms with Gasteiger partial charge in [-0.05, 0) is 87.0 Å². The minimum absolute atomic E-state index is 0. The number of aryl methyl sites for hydroxylation is 5. The van der Waals surface area contributed by atoms with Crippen LogP contribution in [0.4, 0.5) is 39.5 Å². The Morgan fingerprint density at radius 1 is 0.614 bits per heavy atom. The number of esters is 2. The molecule has 5 aromatic rings. The third-order valence-electron chi connectivity index (χ3n) is 6.69. The van der Waals surface area contributed by atoms with E-state index in [1.54, 1.807) is 55.8 Å². The molecule has 0 saturated heterocycles. The fourth-order valence-electron chi connectivity index (χ4n) is 3.35. The number of aliphatic hydroxyl groups excluding tert-OH is 1. The van der Waals surface area contributed by atoms with E-state index >= 15 is 0 Å². The third kappa shape index (κ3) is 30.2. The first-order valence-corrected chi connectivity index (χ1v) is 22.7. The number of hydrogen-bond donors (Lipinski definition) is 1. The van der Waals surface area contributed by atoms with Crippen LogP contribution in [-0.2, 0) is 53.9 Å². The first-order valence-electron chi connectivity index (χ1n) is 18.4. The molecule has 1 radical (unpaired) electrons. The molecule has 5 heterocycles. The molecule has 70 heavy (non-hydrogen) atoms. The predicted molar refractivity (Wildman–Crippen MR) is 251 cm³/mol. The zero-order valence-corrected chi connectivity index (χ0v) is 49.4. The molecule has 5 rings (SSSR count). The number of rotatable bonds is 10. The van der Waals surface area contributed by atoms with Gasteiger partial charge < -0.3 is 20.1 Å². The maximum atomic E-state index is 13.3. The van der Waals surface area contributed by atoms with Crippen molar-refractivity contribution in [2.24, 2.45) is 0 Å². The summed E-state index contributed by atoms with van der Waals surface area (Å²) < 4.78 is 124.